The third-order valence-electron chi connectivity index (χ3n) is 11.2. The zero-order chi connectivity index (χ0) is 36.7. The van der Waals surface area contributed by atoms with Crippen molar-refractivity contribution in [2.45, 2.75) is 0 Å². The molecule has 3 heterocycles. The number of fused-ring (bicyclic) bond motifs is 13. The first-order chi connectivity index (χ1) is 27.8. The lowest BCUT2D eigenvalue weighted by atomic mass is 9.94. The molecule has 0 fully saturated rings. The van der Waals surface area contributed by atoms with Gasteiger partial charge in [-0.05, 0) is 62.6 Å². The van der Waals surface area contributed by atoms with Crippen LogP contribution in [-0.4, -0.2) is 19.5 Å². The van der Waals surface area contributed by atoms with Crippen LogP contribution in [0.25, 0.3) is 116 Å². The maximum Gasteiger partial charge on any atom is 0.164 e. The number of benzene rings is 9. The number of aromatic nitrogens is 4. The van der Waals surface area contributed by atoms with Gasteiger partial charge in [0.1, 0.15) is 5.58 Å². The van der Waals surface area contributed by atoms with Crippen LogP contribution in [0.2, 0.25) is 0 Å². The minimum Gasteiger partial charge on any atom is -0.454 e. The lowest BCUT2D eigenvalue weighted by Crippen LogP contribution is -2.00. The molecule has 0 spiro atoms. The minimum atomic E-state index is 0.597. The Morgan fingerprint density at radius 3 is 1.55 bits per heavy atom. The van der Waals surface area contributed by atoms with E-state index in [0.717, 1.165) is 60.7 Å². The highest BCUT2D eigenvalue weighted by Crippen LogP contribution is 2.44. The molecule has 3 aromatic heterocycles. The number of hydrogen-bond acceptors (Lipinski definition) is 4. The number of nitrogens with zero attached hydrogens (tertiary/aromatic N) is 4. The van der Waals surface area contributed by atoms with Crippen molar-refractivity contribution in [3.63, 3.8) is 0 Å². The zero-order valence-electron chi connectivity index (χ0n) is 30.0. The van der Waals surface area contributed by atoms with Gasteiger partial charge in [0.15, 0.2) is 23.1 Å². The van der Waals surface area contributed by atoms with E-state index in [9.17, 15) is 0 Å². The molecule has 56 heavy (non-hydrogen) atoms. The van der Waals surface area contributed by atoms with E-state index in [1.54, 1.807) is 0 Å². The summed E-state index contributed by atoms with van der Waals surface area (Å²) in [6, 6.07) is 63.8. The molecule has 12 aromatic rings. The minimum absolute atomic E-state index is 0.597. The van der Waals surface area contributed by atoms with Gasteiger partial charge in [0.25, 0.3) is 0 Å². The van der Waals surface area contributed by atoms with E-state index in [1.165, 1.54) is 37.7 Å². The van der Waals surface area contributed by atoms with Crippen LogP contribution in [0.4, 0.5) is 0 Å². The Bertz CT molecular complexity index is 3440. The maximum atomic E-state index is 6.97. The normalized spacial score (nSPS) is 11.9. The fraction of sp³-hybridized carbons (Fsp3) is 0. The van der Waals surface area contributed by atoms with Crippen molar-refractivity contribution in [1.29, 1.82) is 0 Å². The molecule has 0 bridgehead atoms. The predicted octanol–water partition coefficient (Wildman–Crippen LogP) is 13.3. The van der Waals surface area contributed by atoms with Gasteiger partial charge in [0.05, 0.1) is 11.0 Å². The molecule has 0 saturated carbocycles. The molecule has 0 aliphatic rings. The van der Waals surface area contributed by atoms with Crippen LogP contribution in [0.5, 0.6) is 0 Å². The molecule has 0 aliphatic carbocycles. The summed E-state index contributed by atoms with van der Waals surface area (Å²) >= 11 is 0. The van der Waals surface area contributed by atoms with Gasteiger partial charge < -0.3 is 8.98 Å². The highest BCUT2D eigenvalue weighted by molar-refractivity contribution is 6.26. The number of rotatable bonds is 4. The van der Waals surface area contributed by atoms with Gasteiger partial charge in [-0.25, -0.2) is 15.0 Å². The summed E-state index contributed by atoms with van der Waals surface area (Å²) in [4.78, 5) is 15.2. The monoisotopic (exact) mass is 714 g/mol. The summed E-state index contributed by atoms with van der Waals surface area (Å²) in [6.07, 6.45) is 0. The number of furan rings is 1. The van der Waals surface area contributed by atoms with Crippen molar-refractivity contribution in [3.05, 3.63) is 182 Å². The van der Waals surface area contributed by atoms with Crippen LogP contribution in [0.1, 0.15) is 0 Å². The molecule has 0 radical (unpaired) electrons. The fourth-order valence-corrected chi connectivity index (χ4v) is 8.75. The van der Waals surface area contributed by atoms with Crippen molar-refractivity contribution >= 4 is 76.1 Å². The van der Waals surface area contributed by atoms with Crippen LogP contribution < -0.4 is 0 Å². The summed E-state index contributed by atoms with van der Waals surface area (Å²) in [6.45, 7) is 0. The van der Waals surface area contributed by atoms with E-state index in [-0.39, 0.29) is 0 Å². The average molecular weight is 715 g/mol. The summed E-state index contributed by atoms with van der Waals surface area (Å²) in [5.41, 5.74) is 7.59. The first kappa shape index (κ1) is 30.8. The molecular formula is C51H30N4O. The van der Waals surface area contributed by atoms with Crippen LogP contribution in [0.3, 0.4) is 0 Å². The average Bonchev–Trinajstić information content (AvgIpc) is 3.83. The van der Waals surface area contributed by atoms with E-state index in [1.807, 2.05) is 72.8 Å². The van der Waals surface area contributed by atoms with E-state index >= 15 is 0 Å². The third-order valence-corrected chi connectivity index (χ3v) is 11.2. The fourth-order valence-electron chi connectivity index (χ4n) is 8.75. The van der Waals surface area contributed by atoms with E-state index in [2.05, 4.69) is 114 Å². The van der Waals surface area contributed by atoms with E-state index < -0.39 is 0 Å². The Kier molecular flexibility index (Phi) is 6.56. The SMILES string of the molecule is c1ccc(-c2nc(-c3ccccc3)nc(-c3cccc4oc5c(ccc6c7ccccc7n(-c7ccc8c9ccccc9c9ccccc9c8c7)c65)c34)n2)cc1. The van der Waals surface area contributed by atoms with Crippen molar-refractivity contribution in [1.82, 2.24) is 19.5 Å². The van der Waals surface area contributed by atoms with Gasteiger partial charge in [-0.3, -0.25) is 0 Å². The molecule has 260 valence electrons. The first-order valence-electron chi connectivity index (χ1n) is 18.9. The molecule has 0 amide bonds. The highest BCUT2D eigenvalue weighted by Gasteiger charge is 2.23. The predicted molar refractivity (Wildman–Crippen MR) is 230 cm³/mol. The molecule has 12 rings (SSSR count). The van der Waals surface area contributed by atoms with Crippen LogP contribution in [-0.2, 0) is 0 Å². The van der Waals surface area contributed by atoms with E-state index in [0.29, 0.717) is 17.5 Å². The van der Waals surface area contributed by atoms with Crippen molar-refractivity contribution < 1.29 is 4.42 Å². The molecule has 9 aromatic carbocycles. The molecule has 5 heteroatoms. The second-order valence-electron chi connectivity index (χ2n) is 14.3. The van der Waals surface area contributed by atoms with Gasteiger partial charge in [-0.2, -0.15) is 0 Å². The molecule has 5 nitrogen and oxygen atoms in total. The second kappa shape index (κ2) is 11.9. The Balaban J connectivity index is 1.15. The third kappa shape index (κ3) is 4.52. The van der Waals surface area contributed by atoms with E-state index in [4.69, 9.17) is 19.4 Å². The summed E-state index contributed by atoms with van der Waals surface area (Å²) in [7, 11) is 0. The lowest BCUT2D eigenvalue weighted by Gasteiger charge is -2.13. The first-order valence-corrected chi connectivity index (χ1v) is 18.9. The summed E-state index contributed by atoms with van der Waals surface area (Å²) < 4.78 is 9.35. The van der Waals surface area contributed by atoms with Crippen molar-refractivity contribution in [2.24, 2.45) is 0 Å². The quantitative estimate of drug-likeness (QED) is 0.170. The zero-order valence-corrected chi connectivity index (χ0v) is 30.0. The molecule has 0 atom stereocenters. The molecule has 0 unspecified atom stereocenters. The Hall–Kier alpha value is -7.63. The van der Waals surface area contributed by atoms with Gasteiger partial charge in [-0.15, -0.1) is 0 Å². The topological polar surface area (TPSA) is 56.7 Å². The maximum absolute atomic E-state index is 6.97. The van der Waals surface area contributed by atoms with Gasteiger partial charge in [0, 0.05) is 43.9 Å². The smallest absolute Gasteiger partial charge is 0.164 e. The molecule has 0 N–H and O–H groups in total. The van der Waals surface area contributed by atoms with Crippen LogP contribution >= 0.6 is 0 Å². The van der Waals surface area contributed by atoms with Gasteiger partial charge in [-0.1, -0.05) is 152 Å². The van der Waals surface area contributed by atoms with Gasteiger partial charge in [0.2, 0.25) is 0 Å². The molecule has 0 aliphatic heterocycles. The lowest BCUT2D eigenvalue weighted by molar-refractivity contribution is 0.671. The largest absolute Gasteiger partial charge is 0.454 e. The molecular weight excluding hydrogens is 685 g/mol. The van der Waals surface area contributed by atoms with Crippen LogP contribution in [0, 0.1) is 0 Å². The van der Waals surface area contributed by atoms with Gasteiger partial charge >= 0.3 is 0 Å². The number of hydrogen-bond donors (Lipinski definition) is 0. The Labute approximate surface area is 320 Å². The standard InChI is InChI=1S/C51H30N4O/c1-3-14-31(15-4-1)49-52-50(32-16-5-2-6-17-32)54-51(53-49)42-23-13-25-45-46(42)41-29-28-40-39-22-11-12-24-44(39)55(47(40)48(41)56-45)33-26-27-38-36-20-8-7-18-34(36)35-19-9-10-21-37(35)43(38)30-33/h1-30H. The number of para-hydroxylation sites is 1. The Morgan fingerprint density at radius 2 is 0.893 bits per heavy atom. The molecule has 0 saturated heterocycles. The van der Waals surface area contributed by atoms with Crippen LogP contribution in [0.15, 0.2) is 186 Å². The highest BCUT2D eigenvalue weighted by atomic mass is 16.3. The summed E-state index contributed by atoms with van der Waals surface area (Å²) in [5.74, 6) is 1.84. The van der Waals surface area contributed by atoms with Crippen molar-refractivity contribution in [3.8, 4) is 39.9 Å². The summed E-state index contributed by atoms with van der Waals surface area (Å²) in [5, 5.41) is 11.8. The second-order valence-corrected chi connectivity index (χ2v) is 14.3. The Morgan fingerprint density at radius 1 is 0.375 bits per heavy atom. The van der Waals surface area contributed by atoms with Crippen molar-refractivity contribution in [2.75, 3.05) is 0 Å².